The molecule has 2 aromatic rings. The quantitative estimate of drug-likeness (QED) is 0.691. The lowest BCUT2D eigenvalue weighted by molar-refractivity contribution is -0.134. The number of carbonyl (C=O) groups is 3. The van der Waals surface area contributed by atoms with Crippen LogP contribution in [0.2, 0.25) is 0 Å². The van der Waals surface area contributed by atoms with E-state index in [2.05, 4.69) is 10.5 Å². The van der Waals surface area contributed by atoms with Crippen molar-refractivity contribution in [2.75, 3.05) is 0 Å². The van der Waals surface area contributed by atoms with E-state index in [9.17, 15) is 14.4 Å². The second-order valence-electron chi connectivity index (χ2n) is 6.73. The molecule has 6 heteroatoms. The van der Waals surface area contributed by atoms with Gasteiger partial charge < -0.3 is 9.32 Å². The van der Waals surface area contributed by atoms with Crippen LogP contribution in [0.5, 0.6) is 0 Å². The minimum absolute atomic E-state index is 0.152. The van der Waals surface area contributed by atoms with Gasteiger partial charge in [0.15, 0.2) is 5.58 Å². The summed E-state index contributed by atoms with van der Waals surface area (Å²) in [6.07, 6.45) is 4.64. The minimum atomic E-state index is -0.444. The number of aromatic nitrogens is 1. The first-order valence-corrected chi connectivity index (χ1v) is 8.34. The first-order valence-electron chi connectivity index (χ1n) is 8.34. The highest BCUT2D eigenvalue weighted by atomic mass is 16.5. The van der Waals surface area contributed by atoms with Gasteiger partial charge in [0.2, 0.25) is 11.8 Å². The first kappa shape index (κ1) is 15.1. The monoisotopic (exact) mass is 326 g/mol. The number of piperidine rings is 1. The molecule has 1 aliphatic carbocycles. The van der Waals surface area contributed by atoms with Gasteiger partial charge in [0.05, 0.1) is 5.92 Å². The van der Waals surface area contributed by atoms with Crippen molar-refractivity contribution < 1.29 is 18.9 Å². The molecule has 124 valence electrons. The van der Waals surface area contributed by atoms with Gasteiger partial charge >= 0.3 is 0 Å². The number of hydrogen-bond donors (Lipinski definition) is 1. The molecule has 0 bridgehead atoms. The second-order valence-corrected chi connectivity index (χ2v) is 6.73. The average Bonchev–Trinajstić information content (AvgIpc) is 3.21. The van der Waals surface area contributed by atoms with E-state index >= 15 is 0 Å². The topological polar surface area (TPSA) is 89.3 Å². The third-order valence-electron chi connectivity index (χ3n) is 5.23. The summed E-state index contributed by atoms with van der Waals surface area (Å²) in [6, 6.07) is 5.94. The Morgan fingerprint density at radius 3 is 2.83 bits per heavy atom. The predicted molar refractivity (Wildman–Crippen MR) is 85.3 cm³/mol. The zero-order valence-corrected chi connectivity index (χ0v) is 13.2. The van der Waals surface area contributed by atoms with Crippen LogP contribution in [0.4, 0.5) is 0 Å². The number of rotatable bonds is 3. The number of nitrogens with zero attached hydrogens (tertiary/aromatic N) is 1. The van der Waals surface area contributed by atoms with Gasteiger partial charge in [-0.2, -0.15) is 0 Å². The van der Waals surface area contributed by atoms with Crippen LogP contribution in [0.15, 0.2) is 22.7 Å². The molecule has 1 aromatic heterocycles. The number of amides is 2. The molecule has 2 heterocycles. The smallest absolute Gasteiger partial charge is 0.235 e. The van der Waals surface area contributed by atoms with Crippen LogP contribution in [0.3, 0.4) is 0 Å². The van der Waals surface area contributed by atoms with Gasteiger partial charge in [-0.05, 0) is 49.3 Å². The van der Waals surface area contributed by atoms with E-state index in [4.69, 9.17) is 4.52 Å². The van der Waals surface area contributed by atoms with E-state index in [1.807, 2.05) is 18.2 Å². The van der Waals surface area contributed by atoms with Crippen LogP contribution in [0.25, 0.3) is 11.0 Å². The molecule has 2 amide bonds. The zero-order valence-electron chi connectivity index (χ0n) is 13.2. The third kappa shape index (κ3) is 2.52. The highest BCUT2D eigenvalue weighted by Gasteiger charge is 2.32. The lowest BCUT2D eigenvalue weighted by atomic mass is 9.91. The Morgan fingerprint density at radius 1 is 1.21 bits per heavy atom. The van der Waals surface area contributed by atoms with Crippen molar-refractivity contribution in [2.45, 2.75) is 43.9 Å². The van der Waals surface area contributed by atoms with Crippen LogP contribution < -0.4 is 5.32 Å². The van der Waals surface area contributed by atoms with E-state index in [0.29, 0.717) is 30.0 Å². The molecule has 24 heavy (non-hydrogen) atoms. The molecule has 0 spiro atoms. The normalized spacial score (nSPS) is 27.4. The summed E-state index contributed by atoms with van der Waals surface area (Å²) in [5, 5.41) is 7.26. The van der Waals surface area contributed by atoms with Crippen molar-refractivity contribution in [1.29, 1.82) is 0 Å². The molecule has 3 atom stereocenters. The van der Waals surface area contributed by atoms with Crippen molar-refractivity contribution >= 4 is 29.1 Å². The second kappa shape index (κ2) is 5.85. The maximum Gasteiger partial charge on any atom is 0.235 e. The highest BCUT2D eigenvalue weighted by molar-refractivity contribution is 6.02. The minimum Gasteiger partial charge on any atom is -0.356 e. The molecule has 6 nitrogen and oxygen atoms in total. The van der Waals surface area contributed by atoms with Gasteiger partial charge in [-0.15, -0.1) is 0 Å². The first-order chi connectivity index (χ1) is 11.7. The molecule has 1 saturated heterocycles. The third-order valence-corrected chi connectivity index (χ3v) is 5.23. The number of nitrogens with one attached hydrogen (secondary N) is 1. The van der Waals surface area contributed by atoms with Crippen LogP contribution in [0.1, 0.15) is 55.2 Å². The number of fused-ring (bicyclic) bond motifs is 1. The molecule has 0 radical (unpaired) electrons. The summed E-state index contributed by atoms with van der Waals surface area (Å²) < 4.78 is 5.45. The highest BCUT2D eigenvalue weighted by Crippen LogP contribution is 2.39. The Bertz CT molecular complexity index is 826. The molecule has 1 aromatic carbocycles. The van der Waals surface area contributed by atoms with Gasteiger partial charge in [-0.25, -0.2) is 0 Å². The van der Waals surface area contributed by atoms with Gasteiger partial charge in [0.25, 0.3) is 0 Å². The SMILES string of the molecule is O=C[C@@H]1CCC(c2ccc3c(C4CCC(=O)NC4=O)noc3c2)C1. The molecule has 1 saturated carbocycles. The molecular weight excluding hydrogens is 308 g/mol. The molecule has 2 fully saturated rings. The van der Waals surface area contributed by atoms with E-state index in [-0.39, 0.29) is 17.7 Å². The molecule has 1 aliphatic heterocycles. The largest absolute Gasteiger partial charge is 0.356 e. The maximum atomic E-state index is 12.0. The summed E-state index contributed by atoms with van der Waals surface area (Å²) >= 11 is 0. The Hall–Kier alpha value is -2.50. The Balaban J connectivity index is 1.63. The summed E-state index contributed by atoms with van der Waals surface area (Å²) in [7, 11) is 0. The number of carbonyl (C=O) groups excluding carboxylic acids is 3. The summed E-state index contributed by atoms with van der Waals surface area (Å²) in [5.41, 5.74) is 2.40. The van der Waals surface area contributed by atoms with Crippen LogP contribution in [-0.2, 0) is 14.4 Å². The molecule has 4 rings (SSSR count). The van der Waals surface area contributed by atoms with Crippen molar-refractivity contribution in [3.8, 4) is 0 Å². The fraction of sp³-hybridized carbons (Fsp3) is 0.444. The molecule has 1 N–H and O–H groups in total. The van der Waals surface area contributed by atoms with Gasteiger partial charge in [0.1, 0.15) is 12.0 Å². The van der Waals surface area contributed by atoms with E-state index in [1.165, 1.54) is 0 Å². The Labute approximate surface area is 138 Å². The molecular formula is C18H18N2O4. The Kier molecular flexibility index (Phi) is 3.67. The summed E-state index contributed by atoms with van der Waals surface area (Å²) in [6.45, 7) is 0. The van der Waals surface area contributed by atoms with Crippen LogP contribution >= 0.6 is 0 Å². The Morgan fingerprint density at radius 2 is 2.08 bits per heavy atom. The van der Waals surface area contributed by atoms with Crippen LogP contribution in [0, 0.1) is 5.92 Å². The fourth-order valence-electron chi connectivity index (χ4n) is 3.88. The zero-order chi connectivity index (χ0) is 16.7. The van der Waals surface area contributed by atoms with Crippen molar-refractivity contribution in [2.24, 2.45) is 5.92 Å². The lowest BCUT2D eigenvalue weighted by Gasteiger charge is -2.18. The van der Waals surface area contributed by atoms with E-state index in [0.717, 1.165) is 36.5 Å². The fourth-order valence-corrected chi connectivity index (χ4v) is 3.88. The average molecular weight is 326 g/mol. The van der Waals surface area contributed by atoms with Crippen molar-refractivity contribution in [3.05, 3.63) is 29.5 Å². The standard InChI is InChI=1S/C18H18N2O4/c21-9-10-1-2-11(7-10)12-3-4-13-15(8-12)24-20-17(13)14-5-6-16(22)19-18(14)23/h3-4,8-11,14H,1-2,5-7H2,(H,19,22,23)/t10-,11?,14?/m1/s1. The molecule has 2 aliphatic rings. The number of aldehydes is 1. The number of hydrogen-bond acceptors (Lipinski definition) is 5. The predicted octanol–water partition coefficient (Wildman–Crippen LogP) is 2.43. The van der Waals surface area contributed by atoms with Gasteiger partial charge in [0, 0.05) is 17.7 Å². The van der Waals surface area contributed by atoms with Crippen LogP contribution in [-0.4, -0.2) is 23.3 Å². The van der Waals surface area contributed by atoms with E-state index < -0.39 is 5.92 Å². The lowest BCUT2D eigenvalue weighted by Crippen LogP contribution is -2.39. The molecule has 2 unspecified atom stereocenters. The van der Waals surface area contributed by atoms with Gasteiger partial charge in [-0.3, -0.25) is 14.9 Å². The van der Waals surface area contributed by atoms with Crippen molar-refractivity contribution in [1.82, 2.24) is 10.5 Å². The summed E-state index contributed by atoms with van der Waals surface area (Å²) in [5.74, 6) is -0.471. The summed E-state index contributed by atoms with van der Waals surface area (Å²) in [4.78, 5) is 34.3. The van der Waals surface area contributed by atoms with E-state index in [1.54, 1.807) is 0 Å². The maximum absolute atomic E-state index is 12.0. The number of imide groups is 1. The number of benzene rings is 1. The van der Waals surface area contributed by atoms with Crippen molar-refractivity contribution in [3.63, 3.8) is 0 Å². The van der Waals surface area contributed by atoms with Gasteiger partial charge in [-0.1, -0.05) is 11.2 Å².